The number of hydrogen-bond acceptors (Lipinski definition) is 4. The minimum atomic E-state index is -3.83. The van der Waals surface area contributed by atoms with Gasteiger partial charge in [-0.3, -0.25) is 0 Å². The van der Waals surface area contributed by atoms with Crippen molar-refractivity contribution in [3.63, 3.8) is 0 Å². The van der Waals surface area contributed by atoms with E-state index in [9.17, 15) is 13.5 Å². The van der Waals surface area contributed by atoms with Crippen LogP contribution in [0.1, 0.15) is 23.6 Å². The molecule has 0 aliphatic carbocycles. The number of aromatic hydroxyl groups is 1. The lowest BCUT2D eigenvalue weighted by Gasteiger charge is -2.10. The summed E-state index contributed by atoms with van der Waals surface area (Å²) < 4.78 is 24.9. The molecule has 128 valence electrons. The lowest BCUT2D eigenvalue weighted by Crippen LogP contribution is -2.21. The van der Waals surface area contributed by atoms with Crippen LogP contribution < -0.4 is 4.83 Å². The Morgan fingerprint density at radius 3 is 2.50 bits per heavy atom. The summed E-state index contributed by atoms with van der Waals surface area (Å²) in [6.07, 6.45) is 0. The van der Waals surface area contributed by atoms with Gasteiger partial charge < -0.3 is 5.11 Å². The van der Waals surface area contributed by atoms with Gasteiger partial charge >= 0.3 is 0 Å². The Kier molecular flexibility index (Phi) is 5.42. The molecule has 2 rings (SSSR count). The topological polar surface area (TPSA) is 78.8 Å². The smallest absolute Gasteiger partial charge is 0.276 e. The molecule has 2 N–H and O–H groups in total. The highest BCUT2D eigenvalue weighted by Gasteiger charge is 2.17. The molecule has 24 heavy (non-hydrogen) atoms. The Bertz CT molecular complexity index is 925. The second-order valence-electron chi connectivity index (χ2n) is 5.34. The number of rotatable bonds is 4. The van der Waals surface area contributed by atoms with Crippen LogP contribution >= 0.6 is 23.2 Å². The van der Waals surface area contributed by atoms with Crippen molar-refractivity contribution in [3.8, 4) is 5.75 Å². The molecule has 0 bridgehead atoms. The highest BCUT2D eigenvalue weighted by molar-refractivity contribution is 7.89. The molecule has 0 aromatic heterocycles. The zero-order valence-corrected chi connectivity index (χ0v) is 15.6. The normalized spacial score (nSPS) is 12.3. The number of halogens is 2. The molecular weight excluding hydrogens is 371 g/mol. The molecule has 0 saturated carbocycles. The fourth-order valence-electron chi connectivity index (χ4n) is 2.08. The van der Waals surface area contributed by atoms with Crippen molar-refractivity contribution < 1.29 is 13.5 Å². The first-order valence-electron chi connectivity index (χ1n) is 6.93. The maximum atomic E-state index is 12.4. The van der Waals surface area contributed by atoms with Gasteiger partial charge in [0.2, 0.25) is 0 Å². The SMILES string of the molecule is CC(=NNS(=O)(=O)c1cc(C)ccc1C)c1cc(Cl)cc(Cl)c1O. The molecule has 0 atom stereocenters. The molecule has 0 aliphatic heterocycles. The van der Waals surface area contributed by atoms with Gasteiger partial charge in [-0.15, -0.1) is 0 Å². The number of aryl methyl sites for hydroxylation is 2. The lowest BCUT2D eigenvalue weighted by atomic mass is 10.1. The standard InChI is InChI=1S/C16H16Cl2N2O3S/c1-9-4-5-10(2)15(6-9)24(22,23)20-19-11(3)13-7-12(17)8-14(18)16(13)21/h4-8,20-21H,1-3H3. The van der Waals surface area contributed by atoms with Crippen LogP contribution in [0.15, 0.2) is 40.3 Å². The van der Waals surface area contributed by atoms with Gasteiger partial charge in [0.05, 0.1) is 15.6 Å². The lowest BCUT2D eigenvalue weighted by molar-refractivity contribution is 0.474. The van der Waals surface area contributed by atoms with Gasteiger partial charge in [-0.1, -0.05) is 35.3 Å². The number of phenolic OH excluding ortho intramolecular Hbond substituents is 1. The van der Waals surface area contributed by atoms with Crippen molar-refractivity contribution in [2.45, 2.75) is 25.7 Å². The molecule has 0 saturated heterocycles. The largest absolute Gasteiger partial charge is 0.506 e. The monoisotopic (exact) mass is 386 g/mol. The van der Waals surface area contributed by atoms with Crippen molar-refractivity contribution in [1.82, 2.24) is 4.83 Å². The summed E-state index contributed by atoms with van der Waals surface area (Å²) in [4.78, 5) is 2.32. The predicted molar refractivity (Wildman–Crippen MR) is 96.6 cm³/mol. The molecule has 0 unspecified atom stereocenters. The van der Waals surface area contributed by atoms with E-state index in [1.807, 2.05) is 6.07 Å². The van der Waals surface area contributed by atoms with Gasteiger partial charge in [0.15, 0.2) is 0 Å². The fraction of sp³-hybridized carbons (Fsp3) is 0.188. The first-order valence-corrected chi connectivity index (χ1v) is 9.17. The van der Waals surface area contributed by atoms with Crippen molar-refractivity contribution in [1.29, 1.82) is 0 Å². The van der Waals surface area contributed by atoms with Crippen LogP contribution in [0.5, 0.6) is 5.75 Å². The van der Waals surface area contributed by atoms with Gasteiger partial charge in [0, 0.05) is 10.6 Å². The number of benzene rings is 2. The molecular formula is C16H16Cl2N2O3S. The Balaban J connectivity index is 2.38. The summed E-state index contributed by atoms with van der Waals surface area (Å²) in [5.41, 5.74) is 1.90. The van der Waals surface area contributed by atoms with Crippen LogP contribution in [0.25, 0.3) is 0 Å². The molecule has 0 radical (unpaired) electrons. The zero-order chi connectivity index (χ0) is 18.1. The van der Waals surface area contributed by atoms with Gasteiger partial charge in [0.25, 0.3) is 10.0 Å². The van der Waals surface area contributed by atoms with E-state index in [1.54, 1.807) is 26.0 Å². The zero-order valence-electron chi connectivity index (χ0n) is 13.3. The first kappa shape index (κ1) is 18.6. The minimum absolute atomic E-state index is 0.0597. The third-order valence-corrected chi connectivity index (χ3v) is 5.24. The maximum Gasteiger partial charge on any atom is 0.276 e. The van der Waals surface area contributed by atoms with E-state index in [2.05, 4.69) is 9.93 Å². The van der Waals surface area contributed by atoms with Gasteiger partial charge in [-0.25, -0.2) is 0 Å². The van der Waals surface area contributed by atoms with Crippen LogP contribution in [-0.4, -0.2) is 19.2 Å². The van der Waals surface area contributed by atoms with E-state index in [0.29, 0.717) is 10.6 Å². The molecule has 5 nitrogen and oxygen atoms in total. The number of hydrazone groups is 1. The second-order valence-corrected chi connectivity index (χ2v) is 7.82. The van der Waals surface area contributed by atoms with Gasteiger partial charge in [-0.05, 0) is 50.1 Å². The molecule has 0 heterocycles. The molecule has 8 heteroatoms. The maximum absolute atomic E-state index is 12.4. The summed E-state index contributed by atoms with van der Waals surface area (Å²) in [5, 5.41) is 14.2. The van der Waals surface area contributed by atoms with Crippen LogP contribution in [0.2, 0.25) is 10.0 Å². The van der Waals surface area contributed by atoms with Crippen LogP contribution in [0.4, 0.5) is 0 Å². The number of sulfonamides is 1. The summed E-state index contributed by atoms with van der Waals surface area (Å²) in [7, 11) is -3.83. The first-order chi connectivity index (χ1) is 11.1. The Morgan fingerprint density at radius 2 is 1.83 bits per heavy atom. The molecule has 0 amide bonds. The van der Waals surface area contributed by atoms with E-state index in [4.69, 9.17) is 23.2 Å². The Labute approximate surface area is 151 Å². The number of nitrogens with zero attached hydrogens (tertiary/aromatic N) is 1. The molecule has 0 spiro atoms. The van der Waals surface area contributed by atoms with E-state index in [1.165, 1.54) is 19.1 Å². The average Bonchev–Trinajstić information content (AvgIpc) is 2.50. The molecule has 0 aliphatic rings. The molecule has 2 aromatic carbocycles. The summed E-state index contributed by atoms with van der Waals surface area (Å²) >= 11 is 11.8. The third kappa shape index (κ3) is 4.01. The van der Waals surface area contributed by atoms with E-state index >= 15 is 0 Å². The van der Waals surface area contributed by atoms with E-state index in [0.717, 1.165) is 5.56 Å². The number of hydrogen-bond donors (Lipinski definition) is 2. The van der Waals surface area contributed by atoms with E-state index < -0.39 is 10.0 Å². The van der Waals surface area contributed by atoms with Gasteiger partial charge in [-0.2, -0.15) is 18.4 Å². The van der Waals surface area contributed by atoms with Crippen LogP contribution in [0.3, 0.4) is 0 Å². The van der Waals surface area contributed by atoms with Crippen molar-refractivity contribution in [2.24, 2.45) is 5.10 Å². The Morgan fingerprint density at radius 1 is 1.17 bits per heavy atom. The van der Waals surface area contributed by atoms with Crippen molar-refractivity contribution in [2.75, 3.05) is 0 Å². The minimum Gasteiger partial charge on any atom is -0.506 e. The van der Waals surface area contributed by atoms with Crippen LogP contribution in [0, 0.1) is 13.8 Å². The molecule has 0 fully saturated rings. The van der Waals surface area contributed by atoms with Gasteiger partial charge in [0.1, 0.15) is 5.75 Å². The highest BCUT2D eigenvalue weighted by Crippen LogP contribution is 2.31. The second kappa shape index (κ2) is 7.01. The number of phenols is 1. The summed E-state index contributed by atoms with van der Waals surface area (Å²) in [5.74, 6) is -0.215. The summed E-state index contributed by atoms with van der Waals surface area (Å²) in [6.45, 7) is 5.04. The van der Waals surface area contributed by atoms with Crippen molar-refractivity contribution >= 4 is 38.9 Å². The Hall–Kier alpha value is -1.76. The predicted octanol–water partition coefficient (Wildman–Crippen LogP) is 4.02. The molecule has 2 aromatic rings. The van der Waals surface area contributed by atoms with Crippen molar-refractivity contribution in [3.05, 3.63) is 57.1 Å². The number of nitrogens with one attached hydrogen (secondary N) is 1. The summed E-state index contributed by atoms with van der Waals surface area (Å²) in [6, 6.07) is 7.96. The third-order valence-electron chi connectivity index (χ3n) is 3.38. The van der Waals surface area contributed by atoms with E-state index in [-0.39, 0.29) is 26.9 Å². The fourth-order valence-corrected chi connectivity index (χ4v) is 3.76. The van der Waals surface area contributed by atoms with Crippen LogP contribution in [-0.2, 0) is 10.0 Å². The highest BCUT2D eigenvalue weighted by atomic mass is 35.5. The average molecular weight is 387 g/mol. The quantitative estimate of drug-likeness (QED) is 0.615.